The van der Waals surface area contributed by atoms with E-state index in [2.05, 4.69) is 10.3 Å². The number of rotatable bonds is 10. The van der Waals surface area contributed by atoms with E-state index in [-0.39, 0.29) is 17.2 Å². The van der Waals surface area contributed by atoms with E-state index in [1.54, 1.807) is 55.8 Å². The minimum atomic E-state index is -4.10. The van der Waals surface area contributed by atoms with Crippen LogP contribution in [0.4, 0.5) is 5.69 Å². The maximum atomic E-state index is 13.6. The number of aryl methyl sites for hydroxylation is 2. The van der Waals surface area contributed by atoms with E-state index in [4.69, 9.17) is 16.3 Å². The molecule has 0 radical (unpaired) electrons. The first-order valence-electron chi connectivity index (χ1n) is 9.96. The second-order valence-electron chi connectivity index (χ2n) is 7.15. The molecule has 170 valence electrons. The Morgan fingerprint density at radius 1 is 1.22 bits per heavy atom. The van der Waals surface area contributed by atoms with Crippen LogP contribution in [-0.4, -0.2) is 44.1 Å². The lowest BCUT2D eigenvalue weighted by Crippen LogP contribution is -2.41. The Hall–Kier alpha value is -3.04. The summed E-state index contributed by atoms with van der Waals surface area (Å²) in [5.74, 6) is -0.212. The number of hydrogen-bond acceptors (Lipinski definition) is 5. The number of aromatic nitrogens is 2. The Labute approximate surface area is 192 Å². The molecule has 1 aromatic heterocycles. The van der Waals surface area contributed by atoms with Crippen molar-refractivity contribution in [3.8, 4) is 5.75 Å². The second kappa shape index (κ2) is 10.5. The van der Waals surface area contributed by atoms with Crippen molar-refractivity contribution in [3.63, 3.8) is 0 Å². The monoisotopic (exact) mass is 476 g/mol. The Balaban J connectivity index is 1.81. The van der Waals surface area contributed by atoms with Gasteiger partial charge in [0.2, 0.25) is 5.91 Å². The summed E-state index contributed by atoms with van der Waals surface area (Å²) in [6, 6.07) is 11.2. The van der Waals surface area contributed by atoms with Crippen molar-refractivity contribution < 1.29 is 17.9 Å². The lowest BCUT2D eigenvalue weighted by molar-refractivity contribution is -0.119. The van der Waals surface area contributed by atoms with Crippen LogP contribution in [0.3, 0.4) is 0 Å². The van der Waals surface area contributed by atoms with Crippen LogP contribution in [0.2, 0.25) is 5.02 Å². The number of sulfonamides is 1. The highest BCUT2D eigenvalue weighted by Crippen LogP contribution is 2.31. The number of anilines is 1. The van der Waals surface area contributed by atoms with E-state index in [1.807, 2.05) is 10.8 Å². The van der Waals surface area contributed by atoms with E-state index in [9.17, 15) is 13.2 Å². The van der Waals surface area contributed by atoms with E-state index >= 15 is 0 Å². The van der Waals surface area contributed by atoms with Gasteiger partial charge in [0, 0.05) is 30.5 Å². The Kier molecular flexibility index (Phi) is 7.76. The SMILES string of the molecule is COc1ccc(C)cc1S(=O)(=O)N(CC(=O)NCCCn1ccnc1)c1ccc(Cl)cc1. The maximum absolute atomic E-state index is 13.6. The van der Waals surface area contributed by atoms with Crippen molar-refractivity contribution in [2.75, 3.05) is 24.5 Å². The molecule has 0 unspecified atom stereocenters. The lowest BCUT2D eigenvalue weighted by atomic mass is 10.2. The van der Waals surface area contributed by atoms with Gasteiger partial charge in [-0.15, -0.1) is 0 Å². The fourth-order valence-electron chi connectivity index (χ4n) is 3.12. The zero-order chi connectivity index (χ0) is 23.1. The van der Waals surface area contributed by atoms with Crippen molar-refractivity contribution in [3.05, 3.63) is 71.8 Å². The Morgan fingerprint density at radius 3 is 2.62 bits per heavy atom. The highest BCUT2D eigenvalue weighted by atomic mass is 35.5. The molecule has 0 aliphatic carbocycles. The number of nitrogens with one attached hydrogen (secondary N) is 1. The standard InChI is InChI=1S/C22H25ClN4O4S/c1-17-4-9-20(31-2)21(14-17)32(29,30)27(19-7-5-18(23)6-8-19)15-22(28)25-10-3-12-26-13-11-24-16-26/h4-9,11,13-14,16H,3,10,12,15H2,1-2H3,(H,25,28). The number of carbonyl (C=O) groups excluding carboxylic acids is 1. The topological polar surface area (TPSA) is 93.5 Å². The molecule has 0 bridgehead atoms. The van der Waals surface area contributed by atoms with Gasteiger partial charge in [-0.3, -0.25) is 9.10 Å². The number of methoxy groups -OCH3 is 1. The molecule has 32 heavy (non-hydrogen) atoms. The van der Waals surface area contributed by atoms with Crippen molar-refractivity contribution in [2.45, 2.75) is 24.8 Å². The first-order chi connectivity index (χ1) is 15.3. The summed E-state index contributed by atoms with van der Waals surface area (Å²) >= 11 is 5.97. The molecule has 0 aliphatic rings. The Morgan fingerprint density at radius 2 is 1.97 bits per heavy atom. The highest BCUT2D eigenvalue weighted by molar-refractivity contribution is 7.93. The predicted octanol–water partition coefficient (Wildman–Crippen LogP) is 3.26. The lowest BCUT2D eigenvalue weighted by Gasteiger charge is -2.25. The van der Waals surface area contributed by atoms with Gasteiger partial charge in [0.1, 0.15) is 17.2 Å². The molecule has 3 rings (SSSR count). The maximum Gasteiger partial charge on any atom is 0.268 e. The van der Waals surface area contributed by atoms with Crippen LogP contribution in [-0.2, 0) is 21.4 Å². The quantitative estimate of drug-likeness (QED) is 0.453. The molecule has 0 aliphatic heterocycles. The summed E-state index contributed by atoms with van der Waals surface area (Å²) in [6.45, 7) is 2.50. The molecular formula is C22H25ClN4O4S. The molecule has 0 fully saturated rings. The molecule has 0 saturated carbocycles. The van der Waals surface area contributed by atoms with Crippen molar-refractivity contribution >= 4 is 33.2 Å². The van der Waals surface area contributed by atoms with Gasteiger partial charge in [0.25, 0.3) is 10.0 Å². The highest BCUT2D eigenvalue weighted by Gasteiger charge is 2.30. The second-order valence-corrected chi connectivity index (χ2v) is 9.41. The molecule has 0 atom stereocenters. The van der Waals surface area contributed by atoms with Crippen molar-refractivity contribution in [1.82, 2.24) is 14.9 Å². The zero-order valence-corrected chi connectivity index (χ0v) is 19.4. The third-order valence-corrected chi connectivity index (χ3v) is 6.81. The van der Waals surface area contributed by atoms with E-state index in [0.29, 0.717) is 30.2 Å². The minimum Gasteiger partial charge on any atom is -0.495 e. The van der Waals surface area contributed by atoms with Gasteiger partial charge in [-0.2, -0.15) is 0 Å². The molecule has 1 amide bonds. The van der Waals surface area contributed by atoms with E-state index in [1.165, 1.54) is 13.2 Å². The van der Waals surface area contributed by atoms with Crippen molar-refractivity contribution in [2.24, 2.45) is 0 Å². The number of imidazole rings is 1. The summed E-state index contributed by atoms with van der Waals surface area (Å²) in [7, 11) is -2.70. The van der Waals surface area contributed by atoms with E-state index < -0.39 is 15.9 Å². The van der Waals surface area contributed by atoms with Crippen LogP contribution >= 0.6 is 11.6 Å². The fraction of sp³-hybridized carbons (Fsp3) is 0.273. The number of halogens is 1. The average molecular weight is 477 g/mol. The van der Waals surface area contributed by atoms with Crippen LogP contribution < -0.4 is 14.4 Å². The molecule has 0 saturated heterocycles. The molecular weight excluding hydrogens is 452 g/mol. The molecule has 2 aromatic carbocycles. The van der Waals surface area contributed by atoms with Gasteiger partial charge in [0.15, 0.2) is 0 Å². The van der Waals surface area contributed by atoms with Crippen LogP contribution in [0.5, 0.6) is 5.75 Å². The number of nitrogens with zero attached hydrogens (tertiary/aromatic N) is 3. The summed E-state index contributed by atoms with van der Waals surface area (Å²) in [5, 5.41) is 3.25. The van der Waals surface area contributed by atoms with Crippen LogP contribution in [0, 0.1) is 6.92 Å². The number of amides is 1. The van der Waals surface area contributed by atoms with E-state index in [0.717, 1.165) is 9.87 Å². The number of benzene rings is 2. The average Bonchev–Trinajstić information content (AvgIpc) is 3.29. The van der Waals surface area contributed by atoms with Crippen LogP contribution in [0.15, 0.2) is 66.1 Å². The molecule has 10 heteroatoms. The van der Waals surface area contributed by atoms with Crippen LogP contribution in [0.25, 0.3) is 0 Å². The molecule has 0 spiro atoms. The normalized spacial score (nSPS) is 11.2. The first kappa shape index (κ1) is 23.6. The minimum absolute atomic E-state index is 0.0112. The molecule has 1 heterocycles. The molecule has 8 nitrogen and oxygen atoms in total. The Bertz CT molecular complexity index is 1150. The van der Waals surface area contributed by atoms with Gasteiger partial charge < -0.3 is 14.6 Å². The van der Waals surface area contributed by atoms with Gasteiger partial charge in [0.05, 0.1) is 19.1 Å². The molecule has 1 N–H and O–H groups in total. The zero-order valence-electron chi connectivity index (χ0n) is 17.9. The number of hydrogen-bond donors (Lipinski definition) is 1. The van der Waals surface area contributed by atoms with Gasteiger partial charge >= 0.3 is 0 Å². The summed E-state index contributed by atoms with van der Waals surface area (Å²) in [5.41, 5.74) is 1.08. The number of ether oxygens (including phenoxy) is 1. The summed E-state index contributed by atoms with van der Waals surface area (Å²) < 4.78 is 35.4. The van der Waals surface area contributed by atoms with Crippen LogP contribution in [0.1, 0.15) is 12.0 Å². The van der Waals surface area contributed by atoms with Gasteiger partial charge in [-0.25, -0.2) is 13.4 Å². The van der Waals surface area contributed by atoms with Crippen molar-refractivity contribution in [1.29, 1.82) is 0 Å². The summed E-state index contributed by atoms with van der Waals surface area (Å²) in [6.07, 6.45) is 5.91. The third kappa shape index (κ3) is 5.80. The predicted molar refractivity (Wildman–Crippen MR) is 124 cm³/mol. The summed E-state index contributed by atoms with van der Waals surface area (Å²) in [4.78, 5) is 16.6. The first-order valence-corrected chi connectivity index (χ1v) is 11.8. The van der Waals surface area contributed by atoms with Gasteiger partial charge in [-0.05, 0) is 55.3 Å². The van der Waals surface area contributed by atoms with Gasteiger partial charge in [-0.1, -0.05) is 17.7 Å². The smallest absolute Gasteiger partial charge is 0.268 e. The third-order valence-electron chi connectivity index (χ3n) is 4.76. The number of carbonyl (C=O) groups is 1. The largest absolute Gasteiger partial charge is 0.495 e. The fourth-order valence-corrected chi connectivity index (χ4v) is 4.91. The molecule has 3 aromatic rings.